The molecule has 0 atom stereocenters. The van der Waals surface area contributed by atoms with Crippen LogP contribution in [0.3, 0.4) is 0 Å². The van der Waals surface area contributed by atoms with E-state index >= 15 is 0 Å². The highest BCUT2D eigenvalue weighted by Crippen LogP contribution is 2.13. The van der Waals surface area contributed by atoms with Crippen LogP contribution in [0.5, 0.6) is 0 Å². The lowest BCUT2D eigenvalue weighted by Gasteiger charge is -2.22. The molecule has 0 fully saturated rings. The number of hydrogen-bond donors (Lipinski definition) is 0. The SMILES string of the molecule is CCC/C=C/CCCCCCCCCN(Cc1ccccc1)Cc1ccccc1. The van der Waals surface area contributed by atoms with Crippen molar-refractivity contribution in [1.29, 1.82) is 0 Å². The molecule has 0 saturated carbocycles. The number of unbranched alkanes of at least 4 members (excludes halogenated alkanes) is 8. The van der Waals surface area contributed by atoms with Crippen molar-refractivity contribution < 1.29 is 0 Å². The standard InChI is InChI=1S/C28H41N/c1-2-3-4-5-6-7-8-9-10-11-12-19-24-29(25-27-20-15-13-16-21-27)26-28-22-17-14-18-23-28/h4-5,13-18,20-23H,2-3,6-12,19,24-26H2,1H3/b5-4+. The van der Waals surface area contributed by atoms with Crippen LogP contribution < -0.4 is 0 Å². The predicted octanol–water partition coefficient (Wildman–Crippen LogP) is 8.17. The third kappa shape index (κ3) is 11.7. The number of nitrogens with zero attached hydrogens (tertiary/aromatic N) is 1. The molecule has 0 N–H and O–H groups in total. The van der Waals surface area contributed by atoms with Gasteiger partial charge in [0.25, 0.3) is 0 Å². The zero-order valence-corrected chi connectivity index (χ0v) is 18.6. The van der Waals surface area contributed by atoms with Crippen molar-refractivity contribution in [2.75, 3.05) is 6.54 Å². The molecule has 0 amide bonds. The summed E-state index contributed by atoms with van der Waals surface area (Å²) in [6.07, 6.45) is 18.1. The number of rotatable bonds is 16. The van der Waals surface area contributed by atoms with E-state index in [-0.39, 0.29) is 0 Å². The van der Waals surface area contributed by atoms with Crippen molar-refractivity contribution in [2.45, 2.75) is 84.2 Å². The minimum Gasteiger partial charge on any atom is -0.295 e. The van der Waals surface area contributed by atoms with Gasteiger partial charge in [0.15, 0.2) is 0 Å². The summed E-state index contributed by atoms with van der Waals surface area (Å²) < 4.78 is 0. The Morgan fingerprint density at radius 1 is 0.586 bits per heavy atom. The highest BCUT2D eigenvalue weighted by molar-refractivity contribution is 5.17. The highest BCUT2D eigenvalue weighted by Gasteiger charge is 2.07. The van der Waals surface area contributed by atoms with Gasteiger partial charge in [-0.1, -0.05) is 118 Å². The Balaban J connectivity index is 1.61. The zero-order valence-electron chi connectivity index (χ0n) is 18.6. The summed E-state index contributed by atoms with van der Waals surface area (Å²) in [5.74, 6) is 0. The average molecular weight is 392 g/mol. The van der Waals surface area contributed by atoms with Crippen LogP contribution in [-0.2, 0) is 13.1 Å². The fraction of sp³-hybridized carbons (Fsp3) is 0.500. The normalized spacial score (nSPS) is 11.5. The fourth-order valence-corrected chi connectivity index (χ4v) is 3.78. The van der Waals surface area contributed by atoms with E-state index in [2.05, 4.69) is 84.6 Å². The van der Waals surface area contributed by atoms with Gasteiger partial charge in [-0.15, -0.1) is 0 Å². The summed E-state index contributed by atoms with van der Waals surface area (Å²) in [6, 6.07) is 21.8. The third-order valence-electron chi connectivity index (χ3n) is 5.47. The molecule has 2 aromatic carbocycles. The van der Waals surface area contributed by atoms with E-state index in [9.17, 15) is 0 Å². The van der Waals surface area contributed by atoms with Crippen molar-refractivity contribution in [1.82, 2.24) is 4.90 Å². The number of hydrogen-bond acceptors (Lipinski definition) is 1. The van der Waals surface area contributed by atoms with Gasteiger partial charge in [0.05, 0.1) is 0 Å². The van der Waals surface area contributed by atoms with Gasteiger partial charge in [-0.2, -0.15) is 0 Å². The Bertz CT molecular complexity index is 590. The Kier molecular flexibility index (Phi) is 12.9. The summed E-state index contributed by atoms with van der Waals surface area (Å²) in [4.78, 5) is 2.60. The van der Waals surface area contributed by atoms with Crippen LogP contribution in [0.25, 0.3) is 0 Å². The Labute approximate surface area is 179 Å². The van der Waals surface area contributed by atoms with Crippen LogP contribution >= 0.6 is 0 Å². The molecule has 1 heteroatoms. The molecule has 2 aromatic rings. The summed E-state index contributed by atoms with van der Waals surface area (Å²) in [7, 11) is 0. The largest absolute Gasteiger partial charge is 0.295 e. The van der Waals surface area contributed by atoms with E-state index in [1.165, 1.54) is 81.9 Å². The second kappa shape index (κ2) is 16.0. The molecule has 29 heavy (non-hydrogen) atoms. The smallest absolute Gasteiger partial charge is 0.0237 e. The van der Waals surface area contributed by atoms with Gasteiger partial charge in [-0.25, -0.2) is 0 Å². The van der Waals surface area contributed by atoms with Gasteiger partial charge in [0.1, 0.15) is 0 Å². The van der Waals surface area contributed by atoms with Crippen LogP contribution in [0.2, 0.25) is 0 Å². The molecule has 2 rings (SSSR count). The summed E-state index contributed by atoms with van der Waals surface area (Å²) in [6.45, 7) is 5.52. The molecular weight excluding hydrogens is 350 g/mol. The maximum Gasteiger partial charge on any atom is 0.0237 e. The van der Waals surface area contributed by atoms with Crippen LogP contribution in [-0.4, -0.2) is 11.4 Å². The van der Waals surface area contributed by atoms with Crippen molar-refractivity contribution in [3.05, 3.63) is 83.9 Å². The molecule has 0 aliphatic carbocycles. The lowest BCUT2D eigenvalue weighted by molar-refractivity contribution is 0.250. The fourth-order valence-electron chi connectivity index (χ4n) is 3.78. The molecule has 0 spiro atoms. The van der Waals surface area contributed by atoms with Crippen molar-refractivity contribution >= 4 is 0 Å². The molecule has 1 nitrogen and oxygen atoms in total. The van der Waals surface area contributed by atoms with Crippen LogP contribution in [0.4, 0.5) is 0 Å². The molecule has 0 bridgehead atoms. The van der Waals surface area contributed by atoms with E-state index in [1.54, 1.807) is 0 Å². The maximum absolute atomic E-state index is 2.60. The average Bonchev–Trinajstić information content (AvgIpc) is 2.76. The van der Waals surface area contributed by atoms with Gasteiger partial charge in [-0.3, -0.25) is 4.90 Å². The summed E-state index contributed by atoms with van der Waals surface area (Å²) >= 11 is 0. The summed E-state index contributed by atoms with van der Waals surface area (Å²) in [5.41, 5.74) is 2.83. The Hall–Kier alpha value is -1.86. The molecular formula is C28H41N. The van der Waals surface area contributed by atoms with Crippen molar-refractivity contribution in [2.24, 2.45) is 0 Å². The van der Waals surface area contributed by atoms with Gasteiger partial charge >= 0.3 is 0 Å². The first-order chi connectivity index (χ1) is 14.4. The lowest BCUT2D eigenvalue weighted by Crippen LogP contribution is -2.24. The van der Waals surface area contributed by atoms with Crippen molar-refractivity contribution in [3.8, 4) is 0 Å². The Morgan fingerprint density at radius 2 is 1.07 bits per heavy atom. The monoisotopic (exact) mass is 391 g/mol. The maximum atomic E-state index is 2.60. The second-order valence-corrected chi connectivity index (χ2v) is 8.21. The lowest BCUT2D eigenvalue weighted by atomic mass is 10.1. The molecule has 158 valence electrons. The van der Waals surface area contributed by atoms with Gasteiger partial charge in [0.2, 0.25) is 0 Å². The van der Waals surface area contributed by atoms with Crippen LogP contribution in [0.1, 0.15) is 82.3 Å². The zero-order chi connectivity index (χ0) is 20.4. The molecule has 0 aliphatic heterocycles. The molecule has 0 saturated heterocycles. The van der Waals surface area contributed by atoms with Crippen LogP contribution in [0, 0.1) is 0 Å². The topological polar surface area (TPSA) is 3.24 Å². The second-order valence-electron chi connectivity index (χ2n) is 8.21. The first kappa shape index (κ1) is 23.4. The predicted molar refractivity (Wildman–Crippen MR) is 128 cm³/mol. The summed E-state index contributed by atoms with van der Waals surface area (Å²) in [5, 5.41) is 0. The number of allylic oxidation sites excluding steroid dienone is 2. The minimum absolute atomic E-state index is 1.04. The van der Waals surface area contributed by atoms with E-state index in [0.29, 0.717) is 0 Å². The first-order valence-electron chi connectivity index (χ1n) is 11.8. The van der Waals surface area contributed by atoms with E-state index in [4.69, 9.17) is 0 Å². The quantitative estimate of drug-likeness (QED) is 0.206. The Morgan fingerprint density at radius 3 is 1.62 bits per heavy atom. The van der Waals surface area contributed by atoms with E-state index in [1.807, 2.05) is 0 Å². The van der Waals surface area contributed by atoms with Gasteiger partial charge in [0, 0.05) is 13.1 Å². The van der Waals surface area contributed by atoms with Crippen molar-refractivity contribution in [3.63, 3.8) is 0 Å². The third-order valence-corrected chi connectivity index (χ3v) is 5.47. The van der Waals surface area contributed by atoms with Crippen LogP contribution in [0.15, 0.2) is 72.8 Å². The van der Waals surface area contributed by atoms with E-state index < -0.39 is 0 Å². The molecule has 0 aromatic heterocycles. The first-order valence-corrected chi connectivity index (χ1v) is 11.8. The number of benzene rings is 2. The minimum atomic E-state index is 1.04. The van der Waals surface area contributed by atoms with Gasteiger partial charge < -0.3 is 0 Å². The van der Waals surface area contributed by atoms with Gasteiger partial charge in [-0.05, 0) is 43.4 Å². The molecule has 0 aliphatic rings. The molecule has 0 heterocycles. The van der Waals surface area contributed by atoms with E-state index in [0.717, 1.165) is 13.1 Å². The highest BCUT2D eigenvalue weighted by atomic mass is 15.1. The molecule has 0 unspecified atom stereocenters. The molecule has 0 radical (unpaired) electrons.